The third-order valence-corrected chi connectivity index (χ3v) is 0. The topological polar surface area (TPSA) is 138 Å². The molecule has 11 heavy (non-hydrogen) atoms. The molecule has 0 fully saturated rings. The van der Waals surface area contributed by atoms with Crippen LogP contribution in [0.2, 0.25) is 0 Å². The van der Waals surface area contributed by atoms with E-state index in [0.717, 1.165) is 0 Å². The van der Waals surface area contributed by atoms with Gasteiger partial charge in [-0.3, -0.25) is 0 Å². The van der Waals surface area contributed by atoms with Gasteiger partial charge in [-0.05, 0) is 0 Å². The van der Waals surface area contributed by atoms with Crippen LogP contribution in [0.4, 0.5) is 4.79 Å². The second-order valence-electron chi connectivity index (χ2n) is 0.883. The summed E-state index contributed by atoms with van der Waals surface area (Å²) in [6, 6.07) is 0. The van der Waals surface area contributed by atoms with Crippen LogP contribution < -0.4 is 0 Å². The van der Waals surface area contributed by atoms with E-state index in [0.29, 0.717) is 0 Å². The van der Waals surface area contributed by atoms with Crippen LogP contribution in [0, 0.1) is 0 Å². The van der Waals surface area contributed by atoms with Crippen LogP contribution in [-0.4, -0.2) is 120 Å². The van der Waals surface area contributed by atoms with Gasteiger partial charge in [0.05, 0.1) is 0 Å². The molecule has 0 radical (unpaired) electrons. The van der Waals surface area contributed by atoms with Crippen LogP contribution in [0.1, 0.15) is 5.71 Å². The summed E-state index contributed by atoms with van der Waals surface area (Å²) in [6.45, 7) is 0. The van der Waals surface area contributed by atoms with E-state index >= 15 is 0 Å². The molecular weight excluding hydrogens is 232 g/mol. The molecule has 0 aliphatic carbocycles. The van der Waals surface area contributed by atoms with E-state index in [-0.39, 0.29) is 81.2 Å². The van der Waals surface area contributed by atoms with E-state index in [9.17, 15) is 0 Å². The zero-order valence-corrected chi connectivity index (χ0v) is 10.9. The predicted molar refractivity (Wildman–Crippen MR) is 41.2 cm³/mol. The summed E-state index contributed by atoms with van der Waals surface area (Å²) in [5.74, 6) is 0. The van der Waals surface area contributed by atoms with Gasteiger partial charge in [0.1, 0.15) is 0 Å². The predicted octanol–water partition coefficient (Wildman–Crippen LogP) is -2.70. The number of carboxylic acid groups (broad SMARTS) is 2. The summed E-state index contributed by atoms with van der Waals surface area (Å²) in [5, 5.41) is 13.9. The molecule has 6 N–H and O–H groups in total. The Labute approximate surface area is 129 Å². The van der Waals surface area contributed by atoms with Gasteiger partial charge < -0.3 is 35.1 Å². The van der Waals surface area contributed by atoms with E-state index in [1.165, 1.54) is 0 Å². The molecule has 0 aliphatic heterocycles. The number of rotatable bonds is 0. The van der Waals surface area contributed by atoms with Crippen molar-refractivity contribution in [3.8, 4) is 0 Å². The Morgan fingerprint density at radius 1 is 1.00 bits per heavy atom. The molecule has 64 valence electrons. The van der Waals surface area contributed by atoms with Crippen LogP contribution >= 0.6 is 0 Å². The molecule has 0 amide bonds. The summed E-state index contributed by atoms with van der Waals surface area (Å²) in [5.41, 5.74) is 0. The van der Waals surface area contributed by atoms with Crippen molar-refractivity contribution in [2.75, 3.05) is 0 Å². The molecule has 0 bridgehead atoms. The molecule has 0 heterocycles. The minimum atomic E-state index is -4.61. The molecule has 0 saturated carbocycles. The fourth-order valence-electron chi connectivity index (χ4n) is 0. The summed E-state index contributed by atoms with van der Waals surface area (Å²) in [6.07, 6.45) is -1.83. The fraction of sp³-hybridized carbons (Fsp3) is 0. The molecule has 0 atom stereocenters. The van der Waals surface area contributed by atoms with Crippen molar-refractivity contribution < 1.29 is 39.9 Å². The zero-order chi connectivity index (χ0) is 8.08. The van der Waals surface area contributed by atoms with Crippen molar-refractivity contribution in [3.63, 3.8) is 0 Å². The van der Waals surface area contributed by atoms with Gasteiger partial charge >= 0.3 is 90.7 Å². The summed E-state index contributed by atoms with van der Waals surface area (Å²) < 4.78 is 0. The van der Waals surface area contributed by atoms with Gasteiger partial charge in [-0.2, -0.15) is 0 Å². The third-order valence-electron chi connectivity index (χ3n) is 0. The second-order valence-corrected chi connectivity index (χ2v) is 2.08. The maximum Gasteiger partial charge on any atom is 2.00 e. The summed E-state index contributed by atoms with van der Waals surface area (Å²) >= 11 is 0. The molecule has 0 saturated heterocycles. The van der Waals surface area contributed by atoms with E-state index in [1.54, 1.807) is 0 Å². The van der Waals surface area contributed by atoms with E-state index < -0.39 is 15.2 Å². The normalized spacial score (nSPS) is 7.64. The molecule has 0 rings (SSSR count). The Hall–Kier alpha value is 1.85. The average Bonchev–Trinajstić information content (AvgIpc) is 1.19. The minimum Gasteiger partial charge on any atom is -1.00 e. The molecule has 7 nitrogen and oxygen atoms in total. The number of hydrogen-bond donors (Lipinski definition) is 6. The molecule has 0 aromatic rings. The van der Waals surface area contributed by atoms with Crippen LogP contribution in [-0.2, 0) is 0 Å². The Balaban J connectivity index is -0.00000000785. The Kier molecular flexibility index (Phi) is 24.8. The third kappa shape index (κ3) is 337. The van der Waals surface area contributed by atoms with Gasteiger partial charge in [0, 0.05) is 0 Å². The van der Waals surface area contributed by atoms with Crippen LogP contribution in [0.5, 0.6) is 0 Å². The molecular formula is CH10Ca2O7Si. The van der Waals surface area contributed by atoms with Crippen molar-refractivity contribution in [2.24, 2.45) is 0 Å². The Morgan fingerprint density at radius 3 is 1.00 bits per heavy atom. The van der Waals surface area contributed by atoms with Crippen molar-refractivity contribution in [1.82, 2.24) is 0 Å². The van der Waals surface area contributed by atoms with E-state index in [2.05, 4.69) is 0 Å². The van der Waals surface area contributed by atoms with Crippen molar-refractivity contribution >= 4 is 90.7 Å². The van der Waals surface area contributed by atoms with E-state index in [4.69, 9.17) is 34.2 Å². The van der Waals surface area contributed by atoms with Gasteiger partial charge in [0.2, 0.25) is 0 Å². The SMILES string of the molecule is O=C(O)O.O[Si](O)(O)O.[Ca+2].[Ca+2].[H-].[H-].[H-].[H-]. The van der Waals surface area contributed by atoms with Crippen molar-refractivity contribution in [1.29, 1.82) is 0 Å². The molecule has 0 spiro atoms. The van der Waals surface area contributed by atoms with Gasteiger partial charge in [0.25, 0.3) is 0 Å². The van der Waals surface area contributed by atoms with Crippen LogP contribution in [0.3, 0.4) is 0 Å². The van der Waals surface area contributed by atoms with Gasteiger partial charge in [-0.25, -0.2) is 4.79 Å². The first-order valence-electron chi connectivity index (χ1n) is 1.55. The Morgan fingerprint density at radius 2 is 1.00 bits per heavy atom. The first-order valence-corrected chi connectivity index (χ1v) is 3.33. The smallest absolute Gasteiger partial charge is 1.00 e. The van der Waals surface area contributed by atoms with Gasteiger partial charge in [-0.1, -0.05) is 0 Å². The minimum absolute atomic E-state index is 0. The number of carbonyl (C=O) groups is 1. The fourth-order valence-corrected chi connectivity index (χ4v) is 0. The van der Waals surface area contributed by atoms with Crippen molar-refractivity contribution in [3.05, 3.63) is 0 Å². The summed E-state index contributed by atoms with van der Waals surface area (Å²) in [7, 11) is -4.61. The first kappa shape index (κ1) is 23.0. The first-order chi connectivity index (χ1) is 3.73. The zero-order valence-electron chi connectivity index (χ0n) is 9.51. The molecule has 0 aromatic heterocycles. The van der Waals surface area contributed by atoms with E-state index in [1.807, 2.05) is 0 Å². The van der Waals surface area contributed by atoms with Crippen LogP contribution in [0.25, 0.3) is 0 Å². The van der Waals surface area contributed by atoms with Crippen molar-refractivity contribution in [2.45, 2.75) is 0 Å². The monoisotopic (exact) mass is 242 g/mol. The maximum atomic E-state index is 8.56. The average molecular weight is 242 g/mol. The second kappa shape index (κ2) is 11.8. The van der Waals surface area contributed by atoms with Gasteiger partial charge in [0.15, 0.2) is 0 Å². The molecule has 0 aliphatic rings. The summed E-state index contributed by atoms with van der Waals surface area (Å²) in [4.78, 5) is 37.9. The standard InChI is InChI=1S/CH2O3.2Ca.H4O4Si.4H/c2-1(3)4;;;1-5(2,3)4;;;;/h(H2,2,3,4);;;1-4H;;;;/q;2*+2;;4*-1. The largest absolute Gasteiger partial charge is 2.00 e. The maximum absolute atomic E-state index is 8.56. The quantitative estimate of drug-likeness (QED) is 0.254. The molecule has 0 unspecified atom stereocenters. The molecule has 0 aromatic carbocycles. The molecule has 10 heteroatoms. The van der Waals surface area contributed by atoms with Gasteiger partial charge in [-0.15, -0.1) is 0 Å². The van der Waals surface area contributed by atoms with Crippen LogP contribution in [0.15, 0.2) is 0 Å². The number of hydrogen-bond acceptors (Lipinski definition) is 5. The Bertz CT molecular complexity index is 91.5.